The lowest BCUT2D eigenvalue weighted by molar-refractivity contribution is 0.205. The van der Waals surface area contributed by atoms with Gasteiger partial charge in [0.15, 0.2) is 5.69 Å². The molecule has 3 aromatic rings. The van der Waals surface area contributed by atoms with Crippen LogP contribution in [-0.4, -0.2) is 26.1 Å². The van der Waals surface area contributed by atoms with Gasteiger partial charge in [0, 0.05) is 10.4 Å². The standard InChI is InChI=1S/C18H17BrFN5O2/c1-10(12-4-3-5-13(20)8-12)9-25-17(27-18(21)26)16(23-24-25)15-7-6-14(19)11(2)22-15/h3-8,10H,9H2,1-2H3,(H2,21,26)/t10-/m0/s1. The number of primary amides is 1. The molecule has 2 N–H and O–H groups in total. The summed E-state index contributed by atoms with van der Waals surface area (Å²) in [5.41, 5.74) is 7.54. The maximum Gasteiger partial charge on any atom is 0.411 e. The molecule has 7 nitrogen and oxygen atoms in total. The minimum absolute atomic E-state index is 0.0972. The van der Waals surface area contributed by atoms with Gasteiger partial charge >= 0.3 is 6.09 Å². The zero-order valence-corrected chi connectivity index (χ0v) is 16.3. The number of benzene rings is 1. The van der Waals surface area contributed by atoms with Crippen LogP contribution < -0.4 is 10.5 Å². The molecule has 0 saturated heterocycles. The SMILES string of the molecule is Cc1nc(-c2nnn(C[C@H](C)c3cccc(F)c3)c2OC(N)=O)ccc1Br. The Bertz CT molecular complexity index is 992. The van der Waals surface area contributed by atoms with Gasteiger partial charge in [0.05, 0.1) is 17.9 Å². The van der Waals surface area contributed by atoms with Crippen LogP contribution in [0, 0.1) is 12.7 Å². The number of hydrogen-bond acceptors (Lipinski definition) is 5. The van der Waals surface area contributed by atoms with Gasteiger partial charge in [-0.15, -0.1) is 5.10 Å². The third kappa shape index (κ3) is 4.30. The summed E-state index contributed by atoms with van der Waals surface area (Å²) >= 11 is 3.39. The molecule has 140 valence electrons. The van der Waals surface area contributed by atoms with Gasteiger partial charge in [-0.25, -0.2) is 13.9 Å². The number of hydrogen-bond donors (Lipinski definition) is 1. The zero-order chi connectivity index (χ0) is 19.6. The summed E-state index contributed by atoms with van der Waals surface area (Å²) in [5.74, 6) is -0.327. The Kier molecular flexibility index (Phi) is 5.50. The number of rotatable bonds is 5. The van der Waals surface area contributed by atoms with Crippen LogP contribution in [0.3, 0.4) is 0 Å². The van der Waals surface area contributed by atoms with Crippen LogP contribution >= 0.6 is 15.9 Å². The highest BCUT2D eigenvalue weighted by Gasteiger charge is 2.22. The first-order valence-electron chi connectivity index (χ1n) is 8.15. The number of amides is 1. The molecule has 0 aliphatic carbocycles. The van der Waals surface area contributed by atoms with Crippen LogP contribution in [-0.2, 0) is 6.54 Å². The van der Waals surface area contributed by atoms with Gasteiger partial charge in [0.2, 0.25) is 0 Å². The molecule has 0 fully saturated rings. The molecule has 0 unspecified atom stereocenters. The number of nitrogens with zero attached hydrogens (tertiary/aromatic N) is 4. The molecule has 0 saturated carbocycles. The molecule has 3 rings (SSSR count). The van der Waals surface area contributed by atoms with E-state index in [4.69, 9.17) is 10.5 Å². The monoisotopic (exact) mass is 433 g/mol. The molecular formula is C18H17BrFN5O2. The maximum absolute atomic E-state index is 13.5. The first kappa shape index (κ1) is 19.0. The Hall–Kier alpha value is -2.81. The molecule has 27 heavy (non-hydrogen) atoms. The van der Waals surface area contributed by atoms with Crippen LogP contribution in [0.4, 0.5) is 9.18 Å². The van der Waals surface area contributed by atoms with Gasteiger partial charge in [0.1, 0.15) is 5.82 Å². The first-order chi connectivity index (χ1) is 12.8. The lowest BCUT2D eigenvalue weighted by Crippen LogP contribution is -2.20. The fourth-order valence-corrected chi connectivity index (χ4v) is 2.86. The summed E-state index contributed by atoms with van der Waals surface area (Å²) in [6.07, 6.45) is -0.980. The topological polar surface area (TPSA) is 95.9 Å². The molecule has 1 atom stereocenters. The van der Waals surface area contributed by atoms with Crippen LogP contribution in [0.2, 0.25) is 0 Å². The van der Waals surface area contributed by atoms with Crippen molar-refractivity contribution in [2.45, 2.75) is 26.3 Å². The van der Waals surface area contributed by atoms with Gasteiger partial charge in [-0.3, -0.25) is 4.98 Å². The van der Waals surface area contributed by atoms with Crippen molar-refractivity contribution in [1.29, 1.82) is 0 Å². The highest BCUT2D eigenvalue weighted by Crippen LogP contribution is 2.30. The quantitative estimate of drug-likeness (QED) is 0.659. The third-order valence-electron chi connectivity index (χ3n) is 4.02. The number of aromatic nitrogens is 4. The average molecular weight is 434 g/mol. The van der Waals surface area contributed by atoms with Gasteiger partial charge in [-0.1, -0.05) is 24.3 Å². The molecule has 0 bridgehead atoms. The van der Waals surface area contributed by atoms with E-state index in [-0.39, 0.29) is 17.6 Å². The highest BCUT2D eigenvalue weighted by molar-refractivity contribution is 9.10. The lowest BCUT2D eigenvalue weighted by Gasteiger charge is -2.13. The fourth-order valence-electron chi connectivity index (χ4n) is 2.63. The summed E-state index contributed by atoms with van der Waals surface area (Å²) < 4.78 is 20.9. The molecule has 0 spiro atoms. The van der Waals surface area contributed by atoms with E-state index >= 15 is 0 Å². The molecule has 0 aliphatic rings. The highest BCUT2D eigenvalue weighted by atomic mass is 79.9. The van der Waals surface area contributed by atoms with Crippen molar-refractivity contribution in [2.75, 3.05) is 0 Å². The van der Waals surface area contributed by atoms with E-state index in [0.29, 0.717) is 17.9 Å². The largest absolute Gasteiger partial charge is 0.411 e. The van der Waals surface area contributed by atoms with Crippen molar-refractivity contribution in [3.8, 4) is 17.3 Å². The molecular weight excluding hydrogens is 417 g/mol. The van der Waals surface area contributed by atoms with E-state index in [9.17, 15) is 9.18 Å². The lowest BCUT2D eigenvalue weighted by atomic mass is 10.0. The first-order valence-corrected chi connectivity index (χ1v) is 8.94. The second-order valence-electron chi connectivity index (χ2n) is 6.07. The fraction of sp³-hybridized carbons (Fsp3) is 0.222. The molecule has 9 heteroatoms. The van der Waals surface area contributed by atoms with Crippen LogP contribution in [0.1, 0.15) is 24.1 Å². The van der Waals surface area contributed by atoms with Crippen LogP contribution in [0.25, 0.3) is 11.4 Å². The number of nitrogens with two attached hydrogens (primary N) is 1. The normalized spacial score (nSPS) is 12.0. The molecule has 0 aliphatic heterocycles. The maximum atomic E-state index is 13.5. The molecule has 1 aromatic carbocycles. The van der Waals surface area contributed by atoms with Crippen molar-refractivity contribution in [1.82, 2.24) is 20.0 Å². The number of carbonyl (C=O) groups excluding carboxylic acids is 1. The van der Waals surface area contributed by atoms with E-state index in [1.54, 1.807) is 12.1 Å². The molecule has 2 aromatic heterocycles. The van der Waals surface area contributed by atoms with Crippen LogP contribution in [0.5, 0.6) is 5.88 Å². The summed E-state index contributed by atoms with van der Waals surface area (Å²) in [4.78, 5) is 15.8. The molecule has 1 amide bonds. The number of halogens is 2. The number of carbonyl (C=O) groups is 1. The predicted molar refractivity (Wildman–Crippen MR) is 101 cm³/mol. The van der Waals surface area contributed by atoms with E-state index in [0.717, 1.165) is 15.7 Å². The Balaban J connectivity index is 1.96. The summed E-state index contributed by atoms with van der Waals surface area (Å²) in [6, 6.07) is 9.85. The van der Waals surface area contributed by atoms with Crippen molar-refractivity contribution in [3.63, 3.8) is 0 Å². The number of aryl methyl sites for hydroxylation is 1. The third-order valence-corrected chi connectivity index (χ3v) is 4.85. The van der Waals surface area contributed by atoms with Crippen molar-refractivity contribution in [2.24, 2.45) is 5.73 Å². The van der Waals surface area contributed by atoms with Gasteiger partial charge in [-0.2, -0.15) is 0 Å². The molecule has 0 radical (unpaired) electrons. The van der Waals surface area contributed by atoms with E-state index < -0.39 is 6.09 Å². The van der Waals surface area contributed by atoms with E-state index in [1.807, 2.05) is 26.0 Å². The Morgan fingerprint density at radius 2 is 2.15 bits per heavy atom. The second kappa shape index (κ2) is 7.83. The number of ether oxygens (including phenoxy) is 1. The van der Waals surface area contributed by atoms with E-state index in [2.05, 4.69) is 31.2 Å². The Morgan fingerprint density at radius 1 is 1.37 bits per heavy atom. The van der Waals surface area contributed by atoms with Gasteiger partial charge in [-0.05, 0) is 52.7 Å². The zero-order valence-electron chi connectivity index (χ0n) is 14.7. The second-order valence-corrected chi connectivity index (χ2v) is 6.92. The van der Waals surface area contributed by atoms with Gasteiger partial charge in [0.25, 0.3) is 5.88 Å². The molecule has 2 heterocycles. The minimum atomic E-state index is -0.980. The van der Waals surface area contributed by atoms with Crippen LogP contribution in [0.15, 0.2) is 40.9 Å². The van der Waals surface area contributed by atoms with Crippen molar-refractivity contribution < 1.29 is 13.9 Å². The van der Waals surface area contributed by atoms with Crippen molar-refractivity contribution >= 4 is 22.0 Å². The van der Waals surface area contributed by atoms with Crippen molar-refractivity contribution in [3.05, 3.63) is 57.9 Å². The smallest absolute Gasteiger partial charge is 0.389 e. The number of pyridine rings is 1. The summed E-state index contributed by atoms with van der Waals surface area (Å²) in [7, 11) is 0. The Labute approximate surface area is 163 Å². The van der Waals surface area contributed by atoms with Gasteiger partial charge < -0.3 is 10.5 Å². The minimum Gasteiger partial charge on any atom is -0.389 e. The van der Waals surface area contributed by atoms with E-state index in [1.165, 1.54) is 16.8 Å². The Morgan fingerprint density at radius 3 is 2.81 bits per heavy atom. The summed E-state index contributed by atoms with van der Waals surface area (Å²) in [5, 5.41) is 8.18. The average Bonchev–Trinajstić information content (AvgIpc) is 2.99. The predicted octanol–water partition coefficient (Wildman–Crippen LogP) is 3.81. The summed E-state index contributed by atoms with van der Waals surface area (Å²) in [6.45, 7) is 4.05.